The molecule has 0 fully saturated rings. The molecule has 132 valence electrons. The molecule has 3 N–H and O–H groups in total. The van der Waals surface area contributed by atoms with E-state index < -0.39 is 11.0 Å². The van der Waals surface area contributed by atoms with Crippen molar-refractivity contribution in [1.82, 2.24) is 15.3 Å². The van der Waals surface area contributed by atoms with Crippen molar-refractivity contribution >= 4 is 17.5 Å². The molecule has 1 aromatic carbocycles. The van der Waals surface area contributed by atoms with Crippen molar-refractivity contribution in [2.24, 2.45) is 0 Å². The first-order chi connectivity index (χ1) is 11.8. The Morgan fingerprint density at radius 3 is 2.72 bits per heavy atom. The SMILES string of the molecule is CCNC(=O)c1c(C)nc(N)nc1C(C)Oc1ccccc1[N+](=O)[O-]. The Morgan fingerprint density at radius 2 is 2.08 bits per heavy atom. The molecule has 1 aromatic heterocycles. The van der Waals surface area contributed by atoms with E-state index in [4.69, 9.17) is 10.5 Å². The van der Waals surface area contributed by atoms with E-state index in [-0.39, 0.29) is 34.5 Å². The Labute approximate surface area is 144 Å². The lowest BCUT2D eigenvalue weighted by atomic mass is 10.1. The lowest BCUT2D eigenvalue weighted by Crippen LogP contribution is -2.27. The van der Waals surface area contributed by atoms with Crippen LogP contribution >= 0.6 is 0 Å². The summed E-state index contributed by atoms with van der Waals surface area (Å²) in [6.07, 6.45) is -0.747. The molecule has 0 saturated heterocycles. The number of ether oxygens (including phenoxy) is 1. The first-order valence-electron chi connectivity index (χ1n) is 7.67. The fourth-order valence-corrected chi connectivity index (χ4v) is 2.40. The van der Waals surface area contributed by atoms with E-state index in [1.54, 1.807) is 32.9 Å². The van der Waals surface area contributed by atoms with Crippen LogP contribution < -0.4 is 15.8 Å². The van der Waals surface area contributed by atoms with Gasteiger partial charge in [0.25, 0.3) is 5.91 Å². The van der Waals surface area contributed by atoms with Gasteiger partial charge in [0.05, 0.1) is 21.9 Å². The van der Waals surface area contributed by atoms with Crippen LogP contribution in [0.15, 0.2) is 24.3 Å². The number of nitrogens with zero attached hydrogens (tertiary/aromatic N) is 3. The number of para-hydroxylation sites is 2. The third-order valence-electron chi connectivity index (χ3n) is 3.45. The molecule has 2 rings (SSSR count). The number of benzene rings is 1. The quantitative estimate of drug-likeness (QED) is 0.605. The predicted octanol–water partition coefficient (Wildman–Crippen LogP) is 2.17. The van der Waals surface area contributed by atoms with Gasteiger partial charge in [0.1, 0.15) is 6.10 Å². The van der Waals surface area contributed by atoms with Gasteiger partial charge in [-0.2, -0.15) is 0 Å². The van der Waals surface area contributed by atoms with E-state index in [1.807, 2.05) is 0 Å². The minimum atomic E-state index is -0.747. The van der Waals surface area contributed by atoms with Gasteiger partial charge in [-0.25, -0.2) is 9.97 Å². The fourth-order valence-electron chi connectivity index (χ4n) is 2.40. The van der Waals surface area contributed by atoms with Crippen LogP contribution in [0.5, 0.6) is 5.75 Å². The van der Waals surface area contributed by atoms with Gasteiger partial charge in [-0.1, -0.05) is 12.1 Å². The molecular formula is C16H19N5O4. The summed E-state index contributed by atoms with van der Waals surface area (Å²) in [5, 5.41) is 13.8. The molecule has 9 heteroatoms. The first-order valence-corrected chi connectivity index (χ1v) is 7.67. The number of nitro groups is 1. The molecular weight excluding hydrogens is 326 g/mol. The van der Waals surface area contributed by atoms with Crippen molar-refractivity contribution in [3.63, 3.8) is 0 Å². The first kappa shape index (κ1) is 18.1. The molecule has 0 aliphatic carbocycles. The maximum absolute atomic E-state index is 12.3. The van der Waals surface area contributed by atoms with Gasteiger partial charge in [0, 0.05) is 12.6 Å². The second kappa shape index (κ2) is 7.56. The number of aryl methyl sites for hydroxylation is 1. The number of nitrogen functional groups attached to an aromatic ring is 1. The number of rotatable bonds is 6. The van der Waals surface area contributed by atoms with E-state index in [0.29, 0.717) is 12.2 Å². The van der Waals surface area contributed by atoms with Gasteiger partial charge in [0.2, 0.25) is 5.95 Å². The summed E-state index contributed by atoms with van der Waals surface area (Å²) in [4.78, 5) is 31.1. The molecule has 2 aromatic rings. The Balaban J connectivity index is 2.44. The van der Waals surface area contributed by atoms with E-state index in [2.05, 4.69) is 15.3 Å². The maximum atomic E-state index is 12.3. The number of amides is 1. The monoisotopic (exact) mass is 345 g/mol. The van der Waals surface area contributed by atoms with Crippen LogP contribution in [0.2, 0.25) is 0 Å². The maximum Gasteiger partial charge on any atom is 0.310 e. The summed E-state index contributed by atoms with van der Waals surface area (Å²) in [6.45, 7) is 5.50. The Kier molecular flexibility index (Phi) is 5.48. The molecule has 25 heavy (non-hydrogen) atoms. The predicted molar refractivity (Wildman–Crippen MR) is 91.3 cm³/mol. The molecule has 1 unspecified atom stereocenters. The standard InChI is InChI=1S/C16H19N5O4/c1-4-18-15(22)13-9(2)19-16(17)20-14(13)10(3)25-12-8-6-5-7-11(12)21(23)24/h5-8,10H,4H2,1-3H3,(H,18,22)(H2,17,19,20). The van der Waals surface area contributed by atoms with Crippen molar-refractivity contribution in [2.45, 2.75) is 26.9 Å². The zero-order valence-electron chi connectivity index (χ0n) is 14.1. The molecule has 1 heterocycles. The summed E-state index contributed by atoms with van der Waals surface area (Å²) >= 11 is 0. The molecule has 9 nitrogen and oxygen atoms in total. The largest absolute Gasteiger partial charge is 0.477 e. The van der Waals surface area contributed by atoms with Crippen molar-refractivity contribution < 1.29 is 14.5 Å². The number of hydrogen-bond donors (Lipinski definition) is 2. The van der Waals surface area contributed by atoms with Gasteiger partial charge in [-0.3, -0.25) is 14.9 Å². The highest BCUT2D eigenvalue weighted by molar-refractivity contribution is 5.96. The van der Waals surface area contributed by atoms with Gasteiger partial charge >= 0.3 is 5.69 Å². The molecule has 1 atom stereocenters. The molecule has 1 amide bonds. The third-order valence-corrected chi connectivity index (χ3v) is 3.45. The van der Waals surface area contributed by atoms with Crippen LogP contribution in [0, 0.1) is 17.0 Å². The zero-order chi connectivity index (χ0) is 18.6. The second-order valence-electron chi connectivity index (χ2n) is 5.27. The van der Waals surface area contributed by atoms with Crippen LogP contribution in [0.1, 0.15) is 41.7 Å². The summed E-state index contributed by atoms with van der Waals surface area (Å²) < 4.78 is 5.70. The fraction of sp³-hybridized carbons (Fsp3) is 0.312. The highest BCUT2D eigenvalue weighted by Gasteiger charge is 2.25. The Morgan fingerprint density at radius 1 is 1.40 bits per heavy atom. The second-order valence-corrected chi connectivity index (χ2v) is 5.27. The number of nitrogens with two attached hydrogens (primary N) is 1. The van der Waals surface area contributed by atoms with Crippen LogP contribution in [-0.4, -0.2) is 27.3 Å². The summed E-state index contributed by atoms with van der Waals surface area (Å²) in [6, 6.07) is 5.99. The van der Waals surface area contributed by atoms with Gasteiger partial charge in [-0.15, -0.1) is 0 Å². The molecule has 0 aliphatic rings. The van der Waals surface area contributed by atoms with Crippen LogP contribution in [0.4, 0.5) is 11.6 Å². The number of hydrogen-bond acceptors (Lipinski definition) is 7. The molecule has 0 saturated carbocycles. The average molecular weight is 345 g/mol. The molecule has 0 bridgehead atoms. The van der Waals surface area contributed by atoms with E-state index >= 15 is 0 Å². The van der Waals surface area contributed by atoms with Crippen LogP contribution in [0.3, 0.4) is 0 Å². The number of nitro benzene ring substituents is 1. The topological polar surface area (TPSA) is 133 Å². The summed E-state index contributed by atoms with van der Waals surface area (Å²) in [5.74, 6) is -0.275. The molecule has 0 aliphatic heterocycles. The van der Waals surface area contributed by atoms with Crippen molar-refractivity contribution in [1.29, 1.82) is 0 Å². The van der Waals surface area contributed by atoms with Crippen molar-refractivity contribution in [3.8, 4) is 5.75 Å². The highest BCUT2D eigenvalue weighted by Crippen LogP contribution is 2.31. The zero-order valence-corrected chi connectivity index (χ0v) is 14.1. The Hall–Kier alpha value is -3.23. The lowest BCUT2D eigenvalue weighted by molar-refractivity contribution is -0.386. The van der Waals surface area contributed by atoms with Gasteiger partial charge < -0.3 is 15.8 Å². The smallest absolute Gasteiger partial charge is 0.310 e. The number of carbonyl (C=O) groups excluding carboxylic acids is 1. The number of aromatic nitrogens is 2. The highest BCUT2D eigenvalue weighted by atomic mass is 16.6. The van der Waals surface area contributed by atoms with E-state index in [1.165, 1.54) is 12.1 Å². The van der Waals surface area contributed by atoms with E-state index in [0.717, 1.165) is 0 Å². The minimum Gasteiger partial charge on any atom is -0.477 e. The van der Waals surface area contributed by atoms with E-state index in [9.17, 15) is 14.9 Å². The van der Waals surface area contributed by atoms with Crippen LogP contribution in [0.25, 0.3) is 0 Å². The number of anilines is 1. The number of carbonyl (C=O) groups is 1. The van der Waals surface area contributed by atoms with Crippen molar-refractivity contribution in [2.75, 3.05) is 12.3 Å². The summed E-state index contributed by atoms with van der Waals surface area (Å²) in [5.41, 5.74) is 6.45. The molecule has 0 spiro atoms. The van der Waals surface area contributed by atoms with Gasteiger partial charge in [-0.05, 0) is 26.8 Å². The van der Waals surface area contributed by atoms with Gasteiger partial charge in [0.15, 0.2) is 5.75 Å². The minimum absolute atomic E-state index is 0.00133. The van der Waals surface area contributed by atoms with Crippen LogP contribution in [-0.2, 0) is 0 Å². The lowest BCUT2D eigenvalue weighted by Gasteiger charge is -2.18. The Bertz CT molecular complexity index is 809. The van der Waals surface area contributed by atoms with Crippen molar-refractivity contribution in [3.05, 3.63) is 51.3 Å². The summed E-state index contributed by atoms with van der Waals surface area (Å²) in [7, 11) is 0. The molecule has 0 radical (unpaired) electrons. The normalized spacial score (nSPS) is 11.6. The average Bonchev–Trinajstić information content (AvgIpc) is 2.54. The number of nitrogens with one attached hydrogen (secondary N) is 1. The third kappa shape index (κ3) is 4.00.